The Morgan fingerprint density at radius 3 is 2.79 bits per heavy atom. The summed E-state index contributed by atoms with van der Waals surface area (Å²) < 4.78 is 0. The van der Waals surface area contributed by atoms with Gasteiger partial charge in [0.05, 0.1) is 16.9 Å². The summed E-state index contributed by atoms with van der Waals surface area (Å²) in [5.41, 5.74) is 7.47. The molecule has 0 aliphatic carbocycles. The molecular weight excluding hydrogens is 174 g/mol. The van der Waals surface area contributed by atoms with E-state index in [9.17, 15) is 0 Å². The zero-order valence-electron chi connectivity index (χ0n) is 8.36. The molecular formula is C11H13N3. The minimum atomic E-state index is 0.465. The van der Waals surface area contributed by atoms with Gasteiger partial charge in [-0.25, -0.2) is 0 Å². The van der Waals surface area contributed by atoms with E-state index in [4.69, 9.17) is 11.0 Å². The Kier molecular flexibility index (Phi) is 3.24. The largest absolute Gasteiger partial charge is 0.397 e. The first-order valence-electron chi connectivity index (χ1n) is 4.47. The standard InChI is InChI=1S/C11H13N3/c1-8(2)3-4-11-10(13)5-9(6-12)7-14-11/h3-5,7-8H,13H2,1-2H3/b4-3-. The van der Waals surface area contributed by atoms with Gasteiger partial charge in [-0.2, -0.15) is 5.26 Å². The van der Waals surface area contributed by atoms with Gasteiger partial charge in [-0.3, -0.25) is 4.98 Å². The van der Waals surface area contributed by atoms with Gasteiger partial charge in [-0.05, 0) is 18.1 Å². The summed E-state index contributed by atoms with van der Waals surface area (Å²) in [5, 5.41) is 8.61. The summed E-state index contributed by atoms with van der Waals surface area (Å²) in [6.07, 6.45) is 5.42. The average molecular weight is 187 g/mol. The molecule has 0 aliphatic heterocycles. The number of aromatic nitrogens is 1. The summed E-state index contributed by atoms with van der Waals surface area (Å²) >= 11 is 0. The SMILES string of the molecule is CC(C)/C=C\c1ncc(C#N)cc1N. The molecule has 2 N–H and O–H groups in total. The lowest BCUT2D eigenvalue weighted by molar-refractivity contribution is 0.836. The molecule has 0 fully saturated rings. The summed E-state index contributed by atoms with van der Waals surface area (Å²) in [4.78, 5) is 4.09. The quantitative estimate of drug-likeness (QED) is 0.772. The van der Waals surface area contributed by atoms with Crippen LogP contribution in [-0.2, 0) is 0 Å². The molecule has 1 aromatic rings. The topological polar surface area (TPSA) is 62.7 Å². The molecule has 0 saturated carbocycles. The number of allylic oxidation sites excluding steroid dienone is 1. The number of pyridine rings is 1. The van der Waals surface area contributed by atoms with Crippen LogP contribution in [0.2, 0.25) is 0 Å². The molecule has 14 heavy (non-hydrogen) atoms. The molecule has 3 heteroatoms. The highest BCUT2D eigenvalue weighted by Crippen LogP contribution is 2.13. The third-order valence-electron chi connectivity index (χ3n) is 1.72. The number of hydrogen-bond acceptors (Lipinski definition) is 3. The van der Waals surface area contributed by atoms with Crippen molar-refractivity contribution in [3.8, 4) is 6.07 Å². The average Bonchev–Trinajstić information content (AvgIpc) is 2.15. The van der Waals surface area contributed by atoms with Crippen molar-refractivity contribution in [2.24, 2.45) is 5.92 Å². The fraction of sp³-hybridized carbons (Fsp3) is 0.273. The second-order valence-corrected chi connectivity index (χ2v) is 3.41. The smallest absolute Gasteiger partial charge is 0.101 e. The maximum absolute atomic E-state index is 8.61. The van der Waals surface area contributed by atoms with E-state index in [2.05, 4.69) is 18.8 Å². The van der Waals surface area contributed by atoms with Crippen molar-refractivity contribution in [1.29, 1.82) is 5.26 Å². The van der Waals surface area contributed by atoms with Crippen LogP contribution in [0.4, 0.5) is 5.69 Å². The Balaban J connectivity index is 2.96. The van der Waals surface area contributed by atoms with Gasteiger partial charge in [0, 0.05) is 6.20 Å². The van der Waals surface area contributed by atoms with Crippen molar-refractivity contribution < 1.29 is 0 Å². The maximum atomic E-state index is 8.61. The van der Waals surface area contributed by atoms with Crippen LogP contribution >= 0.6 is 0 Å². The lowest BCUT2D eigenvalue weighted by Gasteiger charge is -2.00. The lowest BCUT2D eigenvalue weighted by atomic mass is 10.1. The van der Waals surface area contributed by atoms with Crippen LogP contribution in [0.5, 0.6) is 0 Å². The molecule has 0 aliphatic rings. The molecule has 0 spiro atoms. The molecule has 0 atom stereocenters. The van der Waals surface area contributed by atoms with Gasteiger partial charge >= 0.3 is 0 Å². The molecule has 72 valence electrons. The van der Waals surface area contributed by atoms with Crippen LogP contribution in [0, 0.1) is 17.2 Å². The summed E-state index contributed by atoms with van der Waals surface area (Å²) in [7, 11) is 0. The second kappa shape index (κ2) is 4.43. The normalized spacial score (nSPS) is 10.7. The Hall–Kier alpha value is -1.82. The minimum Gasteiger partial charge on any atom is -0.397 e. The van der Waals surface area contributed by atoms with Gasteiger partial charge in [-0.1, -0.05) is 19.9 Å². The van der Waals surface area contributed by atoms with Gasteiger partial charge in [0.15, 0.2) is 0 Å². The van der Waals surface area contributed by atoms with Crippen molar-refractivity contribution in [3.05, 3.63) is 29.6 Å². The Morgan fingerprint density at radius 2 is 2.29 bits per heavy atom. The van der Waals surface area contributed by atoms with Crippen LogP contribution in [0.25, 0.3) is 6.08 Å². The summed E-state index contributed by atoms with van der Waals surface area (Å²) in [6, 6.07) is 3.63. The molecule has 1 rings (SSSR count). The number of nitrogens with zero attached hydrogens (tertiary/aromatic N) is 2. The summed E-state index contributed by atoms with van der Waals surface area (Å²) in [5.74, 6) is 0.465. The van der Waals surface area contributed by atoms with Gasteiger partial charge in [0.1, 0.15) is 6.07 Å². The Labute approximate surface area is 83.9 Å². The van der Waals surface area contributed by atoms with Crippen molar-refractivity contribution in [2.75, 3.05) is 5.73 Å². The van der Waals surface area contributed by atoms with Crippen molar-refractivity contribution >= 4 is 11.8 Å². The predicted molar refractivity (Wildman–Crippen MR) is 57.2 cm³/mol. The number of anilines is 1. The number of rotatable bonds is 2. The first-order valence-corrected chi connectivity index (χ1v) is 4.47. The van der Waals surface area contributed by atoms with Crippen LogP contribution in [0.15, 0.2) is 18.3 Å². The molecule has 0 radical (unpaired) electrons. The van der Waals surface area contributed by atoms with E-state index in [1.165, 1.54) is 6.20 Å². The molecule has 3 nitrogen and oxygen atoms in total. The van der Waals surface area contributed by atoms with Crippen LogP contribution in [0.3, 0.4) is 0 Å². The first kappa shape index (κ1) is 10.3. The third kappa shape index (κ3) is 2.60. The fourth-order valence-electron chi connectivity index (χ4n) is 0.976. The monoisotopic (exact) mass is 187 g/mol. The second-order valence-electron chi connectivity index (χ2n) is 3.41. The highest BCUT2D eigenvalue weighted by molar-refractivity contribution is 5.62. The minimum absolute atomic E-state index is 0.465. The molecule has 0 unspecified atom stereocenters. The lowest BCUT2D eigenvalue weighted by Crippen LogP contribution is -1.94. The molecule has 0 saturated heterocycles. The van der Waals surface area contributed by atoms with Crippen molar-refractivity contribution in [2.45, 2.75) is 13.8 Å². The van der Waals surface area contributed by atoms with E-state index < -0.39 is 0 Å². The first-order chi connectivity index (χ1) is 6.63. The van der Waals surface area contributed by atoms with E-state index in [0.29, 0.717) is 17.2 Å². The number of nitrogen functional groups attached to an aromatic ring is 1. The highest BCUT2D eigenvalue weighted by atomic mass is 14.7. The van der Waals surface area contributed by atoms with Crippen molar-refractivity contribution in [1.82, 2.24) is 4.98 Å². The number of nitriles is 1. The van der Waals surface area contributed by atoms with Gasteiger partial charge < -0.3 is 5.73 Å². The zero-order valence-corrected chi connectivity index (χ0v) is 8.36. The van der Waals surface area contributed by atoms with Crippen LogP contribution in [0.1, 0.15) is 25.1 Å². The Morgan fingerprint density at radius 1 is 1.57 bits per heavy atom. The van der Waals surface area contributed by atoms with E-state index in [-0.39, 0.29) is 0 Å². The molecule has 0 bridgehead atoms. The number of nitrogens with two attached hydrogens (primary N) is 1. The highest BCUT2D eigenvalue weighted by Gasteiger charge is 1.98. The third-order valence-corrected chi connectivity index (χ3v) is 1.72. The van der Waals surface area contributed by atoms with Crippen LogP contribution in [-0.4, -0.2) is 4.98 Å². The molecule has 1 aromatic heterocycles. The van der Waals surface area contributed by atoms with E-state index >= 15 is 0 Å². The van der Waals surface area contributed by atoms with E-state index in [1.54, 1.807) is 6.07 Å². The van der Waals surface area contributed by atoms with Gasteiger partial charge in [0.2, 0.25) is 0 Å². The Bertz CT molecular complexity index is 386. The number of hydrogen-bond donors (Lipinski definition) is 1. The van der Waals surface area contributed by atoms with Crippen LogP contribution < -0.4 is 5.73 Å². The maximum Gasteiger partial charge on any atom is 0.101 e. The van der Waals surface area contributed by atoms with E-state index in [0.717, 1.165) is 5.69 Å². The molecule has 1 heterocycles. The van der Waals surface area contributed by atoms with E-state index in [1.807, 2.05) is 18.2 Å². The molecule has 0 amide bonds. The van der Waals surface area contributed by atoms with Crippen molar-refractivity contribution in [3.63, 3.8) is 0 Å². The van der Waals surface area contributed by atoms with Gasteiger partial charge in [0.25, 0.3) is 0 Å². The summed E-state index contributed by atoms with van der Waals surface area (Å²) in [6.45, 7) is 4.16. The zero-order chi connectivity index (χ0) is 10.6. The van der Waals surface area contributed by atoms with Gasteiger partial charge in [-0.15, -0.1) is 0 Å². The molecule has 0 aromatic carbocycles. The predicted octanol–water partition coefficient (Wildman–Crippen LogP) is 2.20. The fourth-order valence-corrected chi connectivity index (χ4v) is 0.976.